The first-order valence-electron chi connectivity index (χ1n) is 12.9. The Balaban J connectivity index is 2.20. The van der Waals surface area contributed by atoms with Gasteiger partial charge in [-0.3, -0.25) is 9.59 Å². The number of carbonyl (C=O) groups excluding carboxylic acids is 1. The van der Waals surface area contributed by atoms with Gasteiger partial charge >= 0.3 is 5.97 Å². The molecule has 1 saturated heterocycles. The van der Waals surface area contributed by atoms with E-state index in [1.54, 1.807) is 36.1 Å². The number of halogens is 2. The van der Waals surface area contributed by atoms with Gasteiger partial charge in [0.15, 0.2) is 9.84 Å². The van der Waals surface area contributed by atoms with Crippen LogP contribution in [0, 0.1) is 11.3 Å². The largest absolute Gasteiger partial charge is 0.481 e. The fraction of sp³-hybridized carbons (Fsp3) is 0.571. The molecular formula is C28H37Cl2NO6S. The number of carbonyl (C=O) groups is 2. The molecule has 6 unspecified atom stereocenters. The van der Waals surface area contributed by atoms with Gasteiger partial charge in [0.05, 0.1) is 23.5 Å². The zero-order valence-corrected chi connectivity index (χ0v) is 24.8. The molecule has 38 heavy (non-hydrogen) atoms. The molecule has 1 aromatic rings. The zero-order chi connectivity index (χ0) is 28.4. The highest BCUT2D eigenvalue weighted by Crippen LogP contribution is 2.48. The van der Waals surface area contributed by atoms with Crippen molar-refractivity contribution in [2.24, 2.45) is 11.3 Å². The molecule has 1 amide bonds. The molecule has 0 bridgehead atoms. The first-order chi connectivity index (χ1) is 17.7. The SMILES string of the molecule is CCC(CS(=O)(=O)C(C)C(C)C)N1C(=O)C(CC(=O)O)OC(c2cccc(Cl)c2)C1C1(C)C=CC(Cl)=CC1. The lowest BCUT2D eigenvalue weighted by Gasteiger charge is -2.54. The molecule has 1 heterocycles. The maximum atomic E-state index is 14.0. The minimum atomic E-state index is -3.58. The molecule has 1 aromatic carbocycles. The van der Waals surface area contributed by atoms with Crippen molar-refractivity contribution in [3.05, 3.63) is 58.1 Å². The van der Waals surface area contributed by atoms with Crippen molar-refractivity contribution in [2.75, 3.05) is 5.75 Å². The highest BCUT2D eigenvalue weighted by atomic mass is 35.5. The van der Waals surface area contributed by atoms with Gasteiger partial charge in [-0.25, -0.2) is 8.42 Å². The number of amides is 1. The number of ether oxygens (including phenoxy) is 1. The number of morpholine rings is 1. The van der Waals surface area contributed by atoms with Crippen molar-refractivity contribution in [3.8, 4) is 0 Å². The Hall–Kier alpha value is -1.87. The Morgan fingerprint density at radius 3 is 2.47 bits per heavy atom. The summed E-state index contributed by atoms with van der Waals surface area (Å²) in [5.74, 6) is -2.04. The number of rotatable bonds is 10. The summed E-state index contributed by atoms with van der Waals surface area (Å²) >= 11 is 12.6. The van der Waals surface area contributed by atoms with Crippen LogP contribution in [0.25, 0.3) is 0 Å². The number of aliphatic carboxylic acids is 1. The molecule has 6 atom stereocenters. The first-order valence-corrected chi connectivity index (χ1v) is 15.4. The molecule has 1 aliphatic heterocycles. The van der Waals surface area contributed by atoms with Gasteiger partial charge in [-0.15, -0.1) is 0 Å². The van der Waals surface area contributed by atoms with Crippen LogP contribution >= 0.6 is 23.2 Å². The molecule has 2 aliphatic rings. The van der Waals surface area contributed by atoms with E-state index in [9.17, 15) is 23.1 Å². The summed E-state index contributed by atoms with van der Waals surface area (Å²) in [5, 5.41) is 10.0. The Kier molecular flexibility index (Phi) is 9.77. The van der Waals surface area contributed by atoms with Crippen LogP contribution in [0.4, 0.5) is 0 Å². The van der Waals surface area contributed by atoms with E-state index < -0.39 is 63.1 Å². The van der Waals surface area contributed by atoms with Crippen molar-refractivity contribution in [3.63, 3.8) is 0 Å². The summed E-state index contributed by atoms with van der Waals surface area (Å²) in [7, 11) is -3.58. The average Bonchev–Trinajstić information content (AvgIpc) is 2.84. The van der Waals surface area contributed by atoms with Gasteiger partial charge in [0.2, 0.25) is 0 Å². The summed E-state index contributed by atoms with van der Waals surface area (Å²) in [6.07, 6.45) is 3.83. The predicted molar refractivity (Wildman–Crippen MR) is 150 cm³/mol. The summed E-state index contributed by atoms with van der Waals surface area (Å²) < 4.78 is 33.1. The summed E-state index contributed by atoms with van der Waals surface area (Å²) in [5.41, 5.74) is -0.00489. The quantitative estimate of drug-likeness (QED) is 0.373. The van der Waals surface area contributed by atoms with E-state index in [-0.39, 0.29) is 11.7 Å². The Labute approximate surface area is 235 Å². The summed E-state index contributed by atoms with van der Waals surface area (Å²) in [6, 6.07) is 5.72. The minimum absolute atomic E-state index is 0.0984. The molecule has 7 nitrogen and oxygen atoms in total. The lowest BCUT2D eigenvalue weighted by Crippen LogP contribution is -2.64. The number of carboxylic acids is 1. The molecule has 210 valence electrons. The van der Waals surface area contributed by atoms with Crippen LogP contribution in [0.3, 0.4) is 0 Å². The third-order valence-corrected chi connectivity index (χ3v) is 10.8. The van der Waals surface area contributed by atoms with Crippen LogP contribution in [0.1, 0.15) is 65.5 Å². The zero-order valence-electron chi connectivity index (χ0n) is 22.4. The maximum Gasteiger partial charge on any atom is 0.306 e. The van der Waals surface area contributed by atoms with Crippen molar-refractivity contribution in [1.82, 2.24) is 4.90 Å². The standard InChI is InChI=1S/C28H37Cl2NO6S/c1-6-22(16-38(35,36)18(4)17(2)3)31-26(28(5)12-10-20(29)11-13-28)25(19-8-7-9-21(30)14-19)37-23(27(31)34)15-24(32)33/h7-12,14,17-18,22-23,25-26H,6,13,15-16H2,1-5H3,(H,32,33). The van der Waals surface area contributed by atoms with E-state index in [4.69, 9.17) is 27.9 Å². The molecule has 1 aliphatic carbocycles. The predicted octanol–water partition coefficient (Wildman–Crippen LogP) is 5.78. The number of carboxylic acid groups (broad SMARTS) is 1. The van der Waals surface area contributed by atoms with E-state index in [1.165, 1.54) is 0 Å². The number of nitrogens with zero attached hydrogens (tertiary/aromatic N) is 1. The van der Waals surface area contributed by atoms with Crippen molar-refractivity contribution in [1.29, 1.82) is 0 Å². The van der Waals surface area contributed by atoms with Gasteiger partial charge in [0.25, 0.3) is 5.91 Å². The molecule has 3 rings (SSSR count). The molecule has 0 radical (unpaired) electrons. The van der Waals surface area contributed by atoms with Crippen LogP contribution < -0.4 is 0 Å². The maximum absolute atomic E-state index is 14.0. The van der Waals surface area contributed by atoms with E-state index in [0.717, 1.165) is 0 Å². The monoisotopic (exact) mass is 585 g/mol. The van der Waals surface area contributed by atoms with Crippen LogP contribution in [-0.2, 0) is 24.2 Å². The van der Waals surface area contributed by atoms with Gasteiger partial charge in [-0.05, 0) is 49.5 Å². The van der Waals surface area contributed by atoms with Crippen LogP contribution in [0.5, 0.6) is 0 Å². The van der Waals surface area contributed by atoms with Crippen molar-refractivity contribution in [2.45, 2.75) is 83.4 Å². The second-order valence-electron chi connectivity index (χ2n) is 10.9. The third-order valence-electron chi connectivity index (χ3n) is 7.79. The molecule has 1 N–H and O–H groups in total. The van der Waals surface area contributed by atoms with E-state index >= 15 is 0 Å². The van der Waals surface area contributed by atoms with Gasteiger partial charge in [-0.1, -0.05) is 75.2 Å². The number of sulfone groups is 1. The molecule has 0 aromatic heterocycles. The lowest BCUT2D eigenvalue weighted by molar-refractivity contribution is -0.190. The topological polar surface area (TPSA) is 101 Å². The average molecular weight is 587 g/mol. The second-order valence-corrected chi connectivity index (χ2v) is 14.1. The van der Waals surface area contributed by atoms with E-state index in [2.05, 4.69) is 0 Å². The second kappa shape index (κ2) is 12.1. The van der Waals surface area contributed by atoms with E-state index in [0.29, 0.717) is 28.5 Å². The normalized spacial score (nSPS) is 27.8. The highest BCUT2D eigenvalue weighted by Gasteiger charge is 2.53. The molecule has 1 fully saturated rings. The highest BCUT2D eigenvalue weighted by molar-refractivity contribution is 7.92. The molecule has 0 spiro atoms. The molecule has 0 saturated carbocycles. The lowest BCUT2D eigenvalue weighted by atomic mass is 9.71. The fourth-order valence-electron chi connectivity index (χ4n) is 5.24. The van der Waals surface area contributed by atoms with Crippen LogP contribution in [0.15, 0.2) is 47.5 Å². The molecular weight excluding hydrogens is 549 g/mol. The Bertz CT molecular complexity index is 1210. The van der Waals surface area contributed by atoms with Gasteiger partial charge in [-0.2, -0.15) is 0 Å². The number of benzene rings is 1. The van der Waals surface area contributed by atoms with Crippen LogP contribution in [0.2, 0.25) is 5.02 Å². The number of hydrogen-bond acceptors (Lipinski definition) is 5. The fourth-order valence-corrected chi connectivity index (χ4v) is 7.64. The summed E-state index contributed by atoms with van der Waals surface area (Å²) in [6.45, 7) is 9.22. The van der Waals surface area contributed by atoms with E-state index in [1.807, 2.05) is 45.9 Å². The number of allylic oxidation sites excluding steroid dienone is 3. The Morgan fingerprint density at radius 1 is 1.26 bits per heavy atom. The number of hydrogen-bond donors (Lipinski definition) is 1. The van der Waals surface area contributed by atoms with Gasteiger partial charge in [0.1, 0.15) is 12.2 Å². The smallest absolute Gasteiger partial charge is 0.306 e. The Morgan fingerprint density at radius 2 is 1.95 bits per heavy atom. The van der Waals surface area contributed by atoms with Gasteiger partial charge < -0.3 is 14.7 Å². The first kappa shape index (κ1) is 30.7. The third kappa shape index (κ3) is 6.64. The van der Waals surface area contributed by atoms with Crippen LogP contribution in [-0.4, -0.2) is 59.5 Å². The summed E-state index contributed by atoms with van der Waals surface area (Å²) in [4.78, 5) is 27.3. The van der Waals surface area contributed by atoms with Gasteiger partial charge in [0, 0.05) is 21.5 Å². The minimum Gasteiger partial charge on any atom is -0.481 e. The van der Waals surface area contributed by atoms with Crippen molar-refractivity contribution < 1.29 is 27.9 Å². The molecule has 10 heteroatoms. The van der Waals surface area contributed by atoms with Crippen molar-refractivity contribution >= 4 is 44.9 Å².